The lowest BCUT2D eigenvalue weighted by Crippen LogP contribution is -2.07. The van der Waals surface area contributed by atoms with Gasteiger partial charge in [0.05, 0.1) is 12.2 Å². The minimum atomic E-state index is 0. The second-order valence-corrected chi connectivity index (χ2v) is 1.62. The van der Waals surface area contributed by atoms with Crippen molar-refractivity contribution in [2.24, 2.45) is 5.73 Å². The van der Waals surface area contributed by atoms with E-state index < -0.39 is 0 Å². The molecule has 7 heavy (non-hydrogen) atoms. The number of epoxide rings is 1. The van der Waals surface area contributed by atoms with Crippen LogP contribution >= 0.6 is 12.4 Å². The van der Waals surface area contributed by atoms with E-state index in [1.165, 1.54) is 0 Å². The molecule has 2 nitrogen and oxygen atoms in total. The first-order chi connectivity index (χ1) is 2.84. The first-order valence-electron chi connectivity index (χ1n) is 2.20. The SMILES string of the molecule is CC1OC1CN.Cl. The summed E-state index contributed by atoms with van der Waals surface area (Å²) in [4.78, 5) is 0. The van der Waals surface area contributed by atoms with Gasteiger partial charge in [-0.2, -0.15) is 0 Å². The van der Waals surface area contributed by atoms with E-state index in [-0.39, 0.29) is 12.4 Å². The molecule has 2 unspecified atom stereocenters. The molecule has 1 aliphatic rings. The summed E-state index contributed by atoms with van der Waals surface area (Å²) in [6, 6.07) is 0. The van der Waals surface area contributed by atoms with Crippen LogP contribution in [0.2, 0.25) is 0 Å². The van der Waals surface area contributed by atoms with Gasteiger partial charge in [0.2, 0.25) is 0 Å². The molecule has 1 aliphatic heterocycles. The van der Waals surface area contributed by atoms with E-state index in [0.29, 0.717) is 18.8 Å². The summed E-state index contributed by atoms with van der Waals surface area (Å²) < 4.78 is 4.94. The third kappa shape index (κ3) is 1.63. The average Bonchev–Trinajstić information content (AvgIpc) is 2.19. The van der Waals surface area contributed by atoms with E-state index >= 15 is 0 Å². The molecular weight excluding hydrogens is 114 g/mol. The molecule has 2 atom stereocenters. The van der Waals surface area contributed by atoms with Crippen molar-refractivity contribution >= 4 is 12.4 Å². The summed E-state index contributed by atoms with van der Waals surface area (Å²) in [5.41, 5.74) is 5.20. The molecule has 1 rings (SSSR count). The lowest BCUT2D eigenvalue weighted by molar-refractivity contribution is 0.381. The molecule has 0 radical (unpaired) electrons. The van der Waals surface area contributed by atoms with Crippen LogP contribution in [0.3, 0.4) is 0 Å². The highest BCUT2D eigenvalue weighted by molar-refractivity contribution is 5.85. The van der Waals surface area contributed by atoms with E-state index in [1.807, 2.05) is 6.92 Å². The van der Waals surface area contributed by atoms with Gasteiger partial charge in [0.25, 0.3) is 0 Å². The van der Waals surface area contributed by atoms with Gasteiger partial charge in [0, 0.05) is 6.54 Å². The highest BCUT2D eigenvalue weighted by Crippen LogP contribution is 2.18. The molecule has 0 amide bonds. The number of nitrogens with two attached hydrogens (primary N) is 1. The first-order valence-corrected chi connectivity index (χ1v) is 2.20. The minimum Gasteiger partial charge on any atom is -0.369 e. The van der Waals surface area contributed by atoms with E-state index in [9.17, 15) is 0 Å². The fourth-order valence-corrected chi connectivity index (χ4v) is 0.478. The first kappa shape index (κ1) is 7.21. The van der Waals surface area contributed by atoms with Crippen LogP contribution in [0, 0.1) is 0 Å². The van der Waals surface area contributed by atoms with Crippen LogP contribution in [0.4, 0.5) is 0 Å². The largest absolute Gasteiger partial charge is 0.369 e. The van der Waals surface area contributed by atoms with Crippen molar-refractivity contribution in [2.45, 2.75) is 19.1 Å². The molecule has 2 N–H and O–H groups in total. The smallest absolute Gasteiger partial charge is 0.0960 e. The van der Waals surface area contributed by atoms with Crippen molar-refractivity contribution in [3.05, 3.63) is 0 Å². The molecule has 44 valence electrons. The Morgan fingerprint density at radius 2 is 2.14 bits per heavy atom. The van der Waals surface area contributed by atoms with Crippen molar-refractivity contribution < 1.29 is 4.74 Å². The predicted molar refractivity (Wildman–Crippen MR) is 30.6 cm³/mol. The van der Waals surface area contributed by atoms with E-state index in [0.717, 1.165) is 0 Å². The molecule has 0 spiro atoms. The normalized spacial score (nSPS) is 36.9. The fourth-order valence-electron chi connectivity index (χ4n) is 0.478. The van der Waals surface area contributed by atoms with Crippen LogP contribution < -0.4 is 5.73 Å². The van der Waals surface area contributed by atoms with Crippen LogP contribution in [-0.4, -0.2) is 18.8 Å². The molecule has 0 bridgehead atoms. The monoisotopic (exact) mass is 123 g/mol. The quantitative estimate of drug-likeness (QED) is 0.505. The molecule has 1 saturated heterocycles. The van der Waals surface area contributed by atoms with Gasteiger partial charge < -0.3 is 10.5 Å². The Morgan fingerprint density at radius 3 is 2.14 bits per heavy atom. The zero-order valence-corrected chi connectivity index (χ0v) is 5.07. The van der Waals surface area contributed by atoms with Crippen LogP contribution in [0.15, 0.2) is 0 Å². The van der Waals surface area contributed by atoms with Gasteiger partial charge in [-0.1, -0.05) is 0 Å². The zero-order chi connectivity index (χ0) is 4.57. The van der Waals surface area contributed by atoms with E-state index in [4.69, 9.17) is 10.5 Å². The Morgan fingerprint density at radius 1 is 1.71 bits per heavy atom. The van der Waals surface area contributed by atoms with Crippen LogP contribution in [0.5, 0.6) is 0 Å². The van der Waals surface area contributed by atoms with Crippen molar-refractivity contribution in [3.8, 4) is 0 Å². The minimum absolute atomic E-state index is 0. The van der Waals surface area contributed by atoms with Gasteiger partial charge in [-0.3, -0.25) is 0 Å². The molecule has 0 aromatic rings. The Labute approximate surface area is 49.4 Å². The Bertz CT molecular complexity index is 57.7. The molecule has 1 heterocycles. The van der Waals surface area contributed by atoms with Gasteiger partial charge in [0.15, 0.2) is 0 Å². The average molecular weight is 124 g/mol. The van der Waals surface area contributed by atoms with Crippen LogP contribution in [0.1, 0.15) is 6.92 Å². The topological polar surface area (TPSA) is 38.5 Å². The van der Waals surface area contributed by atoms with Crippen molar-refractivity contribution in [3.63, 3.8) is 0 Å². The molecule has 1 fully saturated rings. The number of halogens is 1. The summed E-state index contributed by atoms with van der Waals surface area (Å²) in [5.74, 6) is 0. The maximum atomic E-state index is 5.20. The summed E-state index contributed by atoms with van der Waals surface area (Å²) >= 11 is 0. The van der Waals surface area contributed by atoms with Crippen molar-refractivity contribution in [2.75, 3.05) is 6.54 Å². The second kappa shape index (κ2) is 2.50. The van der Waals surface area contributed by atoms with Gasteiger partial charge in [-0.15, -0.1) is 12.4 Å². The van der Waals surface area contributed by atoms with Crippen molar-refractivity contribution in [1.82, 2.24) is 0 Å². The lowest BCUT2D eigenvalue weighted by atomic mass is 10.3. The second-order valence-electron chi connectivity index (χ2n) is 1.62. The fraction of sp³-hybridized carbons (Fsp3) is 1.00. The standard InChI is InChI=1S/C4H9NO.ClH/c1-3-4(2-5)6-3;/h3-4H,2,5H2,1H3;1H. The Hall–Kier alpha value is 0.210. The molecule has 3 heteroatoms. The van der Waals surface area contributed by atoms with Crippen molar-refractivity contribution in [1.29, 1.82) is 0 Å². The highest BCUT2D eigenvalue weighted by Gasteiger charge is 2.31. The van der Waals surface area contributed by atoms with Crippen LogP contribution in [0.25, 0.3) is 0 Å². The Balaban J connectivity index is 0.000000360. The third-order valence-corrected chi connectivity index (χ3v) is 1.07. The maximum absolute atomic E-state index is 5.20. The predicted octanol–water partition coefficient (Wildman–Crippen LogP) is 0.154. The molecule has 0 saturated carbocycles. The van der Waals surface area contributed by atoms with Gasteiger partial charge in [-0.25, -0.2) is 0 Å². The zero-order valence-electron chi connectivity index (χ0n) is 4.26. The number of ether oxygens (including phenoxy) is 1. The van der Waals surface area contributed by atoms with Gasteiger partial charge in [0.1, 0.15) is 0 Å². The summed E-state index contributed by atoms with van der Waals surface area (Å²) in [5, 5.41) is 0. The third-order valence-electron chi connectivity index (χ3n) is 1.07. The number of rotatable bonds is 1. The summed E-state index contributed by atoms with van der Waals surface area (Å²) in [6.45, 7) is 2.71. The van der Waals surface area contributed by atoms with Crippen LogP contribution in [-0.2, 0) is 4.74 Å². The Kier molecular flexibility index (Phi) is 2.58. The molecule has 0 aromatic carbocycles. The van der Waals surface area contributed by atoms with Gasteiger partial charge in [-0.05, 0) is 6.92 Å². The number of hydrogen-bond donors (Lipinski definition) is 1. The molecule has 0 aliphatic carbocycles. The lowest BCUT2D eigenvalue weighted by Gasteiger charge is -1.73. The van der Waals surface area contributed by atoms with Gasteiger partial charge >= 0.3 is 0 Å². The van der Waals surface area contributed by atoms with E-state index in [2.05, 4.69) is 0 Å². The number of hydrogen-bond acceptors (Lipinski definition) is 2. The summed E-state index contributed by atoms with van der Waals surface area (Å²) in [6.07, 6.45) is 0.819. The molecular formula is C4H10ClNO. The van der Waals surface area contributed by atoms with E-state index in [1.54, 1.807) is 0 Å². The highest BCUT2D eigenvalue weighted by atomic mass is 35.5. The summed E-state index contributed by atoms with van der Waals surface area (Å²) in [7, 11) is 0. The maximum Gasteiger partial charge on any atom is 0.0960 e. The molecule has 0 aromatic heterocycles.